The molecule has 4 rings (SSSR count). The Morgan fingerprint density at radius 2 is 1.69 bits per heavy atom. The SMILES string of the molecule is CCCCc1nc(C(F)(F)CCC)nn1Cc1ccc(-n2c(-c3nn[nH]n3)ccc2C(F)(F)F)cc1. The van der Waals surface area contributed by atoms with Gasteiger partial charge in [0, 0.05) is 18.5 Å². The zero-order valence-electron chi connectivity index (χ0n) is 19.7. The number of H-pyrrole nitrogens is 1. The lowest BCUT2D eigenvalue weighted by atomic mass is 10.2. The first kappa shape index (κ1) is 25.5. The van der Waals surface area contributed by atoms with E-state index in [-0.39, 0.29) is 30.2 Å². The van der Waals surface area contributed by atoms with E-state index in [0.717, 1.165) is 23.5 Å². The Morgan fingerprint density at radius 3 is 2.31 bits per heavy atom. The minimum Gasteiger partial charge on any atom is -0.302 e. The van der Waals surface area contributed by atoms with Gasteiger partial charge in [-0.1, -0.05) is 32.4 Å². The van der Waals surface area contributed by atoms with Crippen LogP contribution in [-0.4, -0.2) is 40.0 Å². The molecule has 36 heavy (non-hydrogen) atoms. The lowest BCUT2D eigenvalue weighted by Crippen LogP contribution is -2.16. The highest BCUT2D eigenvalue weighted by molar-refractivity contribution is 5.57. The molecule has 0 fully saturated rings. The van der Waals surface area contributed by atoms with Gasteiger partial charge >= 0.3 is 12.1 Å². The standard InChI is InChI=1S/C23H25F5N8/c1-3-5-6-19-29-21(22(24,25)13-4-2)32-35(19)14-15-7-9-16(10-8-15)36-17(20-30-33-34-31-20)11-12-18(36)23(26,27)28/h7-12H,3-6,13-14H2,1-2H3,(H,30,31,33,34). The van der Waals surface area contributed by atoms with Gasteiger partial charge in [-0.25, -0.2) is 9.67 Å². The monoisotopic (exact) mass is 508 g/mol. The summed E-state index contributed by atoms with van der Waals surface area (Å²) in [6, 6.07) is 8.52. The number of alkyl halides is 5. The van der Waals surface area contributed by atoms with Gasteiger partial charge < -0.3 is 4.57 Å². The minimum absolute atomic E-state index is 0.0123. The third kappa shape index (κ3) is 5.29. The van der Waals surface area contributed by atoms with Crippen molar-refractivity contribution in [2.24, 2.45) is 0 Å². The molecule has 0 amide bonds. The molecule has 0 radical (unpaired) electrons. The van der Waals surface area contributed by atoms with E-state index in [2.05, 4.69) is 30.7 Å². The number of benzene rings is 1. The fourth-order valence-corrected chi connectivity index (χ4v) is 3.91. The van der Waals surface area contributed by atoms with Gasteiger partial charge in [-0.3, -0.25) is 0 Å². The molecule has 3 heterocycles. The molecule has 4 aromatic rings. The normalized spacial score (nSPS) is 12.4. The van der Waals surface area contributed by atoms with E-state index >= 15 is 0 Å². The first-order valence-electron chi connectivity index (χ1n) is 11.6. The molecule has 0 saturated heterocycles. The summed E-state index contributed by atoms with van der Waals surface area (Å²) >= 11 is 0. The second-order valence-corrected chi connectivity index (χ2v) is 8.41. The summed E-state index contributed by atoms with van der Waals surface area (Å²) in [5, 5.41) is 17.3. The molecule has 0 atom stereocenters. The van der Waals surface area contributed by atoms with Crippen molar-refractivity contribution in [2.75, 3.05) is 0 Å². The number of tetrazole rings is 1. The molecule has 3 aromatic heterocycles. The number of nitrogens with zero attached hydrogens (tertiary/aromatic N) is 7. The lowest BCUT2D eigenvalue weighted by Gasteiger charge is -2.15. The van der Waals surface area contributed by atoms with Crippen molar-refractivity contribution in [1.29, 1.82) is 0 Å². The van der Waals surface area contributed by atoms with Crippen LogP contribution in [0.15, 0.2) is 36.4 Å². The molecule has 0 aliphatic carbocycles. The summed E-state index contributed by atoms with van der Waals surface area (Å²) in [7, 11) is 0. The molecule has 0 saturated carbocycles. The van der Waals surface area contributed by atoms with Crippen molar-refractivity contribution in [2.45, 2.75) is 64.6 Å². The van der Waals surface area contributed by atoms with Crippen LogP contribution in [0.5, 0.6) is 0 Å². The largest absolute Gasteiger partial charge is 0.431 e. The van der Waals surface area contributed by atoms with Crippen molar-refractivity contribution in [3.63, 3.8) is 0 Å². The van der Waals surface area contributed by atoms with E-state index in [4.69, 9.17) is 0 Å². The van der Waals surface area contributed by atoms with Gasteiger partial charge in [0.2, 0.25) is 11.6 Å². The van der Waals surface area contributed by atoms with Gasteiger partial charge in [-0.2, -0.15) is 27.2 Å². The van der Waals surface area contributed by atoms with Gasteiger partial charge in [-0.15, -0.1) is 15.3 Å². The van der Waals surface area contributed by atoms with Crippen molar-refractivity contribution in [3.8, 4) is 17.2 Å². The number of rotatable bonds is 10. The third-order valence-corrected chi connectivity index (χ3v) is 5.67. The van der Waals surface area contributed by atoms with E-state index < -0.39 is 23.6 Å². The van der Waals surface area contributed by atoms with Crippen LogP contribution in [0.4, 0.5) is 22.0 Å². The van der Waals surface area contributed by atoms with Gasteiger partial charge in [-0.05, 0) is 47.9 Å². The zero-order chi connectivity index (χ0) is 25.9. The third-order valence-electron chi connectivity index (χ3n) is 5.67. The average molecular weight is 508 g/mol. The summed E-state index contributed by atoms with van der Waals surface area (Å²) in [5.74, 6) is -3.16. The van der Waals surface area contributed by atoms with E-state index in [1.54, 1.807) is 19.1 Å². The summed E-state index contributed by atoms with van der Waals surface area (Å²) in [6.07, 6.45) is -2.54. The Hall–Kier alpha value is -3.64. The Balaban J connectivity index is 1.66. The number of aromatic nitrogens is 8. The van der Waals surface area contributed by atoms with Crippen LogP contribution in [0.1, 0.15) is 62.4 Å². The van der Waals surface area contributed by atoms with Crippen molar-refractivity contribution in [3.05, 3.63) is 59.3 Å². The second kappa shape index (κ2) is 10.2. The summed E-state index contributed by atoms with van der Waals surface area (Å²) in [6.45, 7) is 3.82. The van der Waals surface area contributed by atoms with Crippen LogP contribution < -0.4 is 0 Å². The molecule has 1 aromatic carbocycles. The number of hydrogen-bond donors (Lipinski definition) is 1. The first-order chi connectivity index (χ1) is 17.1. The molecule has 0 bridgehead atoms. The zero-order valence-corrected chi connectivity index (χ0v) is 19.7. The maximum absolute atomic E-state index is 14.5. The van der Waals surface area contributed by atoms with Crippen molar-refractivity contribution in [1.82, 2.24) is 40.0 Å². The average Bonchev–Trinajstić information content (AvgIpc) is 3.57. The fourth-order valence-electron chi connectivity index (χ4n) is 3.91. The molecule has 0 unspecified atom stereocenters. The summed E-state index contributed by atoms with van der Waals surface area (Å²) in [4.78, 5) is 4.12. The van der Waals surface area contributed by atoms with E-state index in [1.165, 1.54) is 22.9 Å². The topological polar surface area (TPSA) is 90.1 Å². The van der Waals surface area contributed by atoms with Gasteiger partial charge in [0.25, 0.3) is 0 Å². The number of aryl methyl sites for hydroxylation is 1. The second-order valence-electron chi connectivity index (χ2n) is 8.41. The predicted octanol–water partition coefficient (Wildman–Crippen LogP) is 5.55. The first-order valence-corrected chi connectivity index (χ1v) is 11.6. The molecular formula is C23H25F5N8. The number of unbranched alkanes of at least 4 members (excludes halogenated alkanes) is 1. The molecular weight excluding hydrogens is 483 g/mol. The smallest absolute Gasteiger partial charge is 0.302 e. The van der Waals surface area contributed by atoms with Crippen molar-refractivity contribution < 1.29 is 22.0 Å². The van der Waals surface area contributed by atoms with Crippen LogP contribution in [0.25, 0.3) is 17.2 Å². The Kier molecular flexibility index (Phi) is 7.18. The molecule has 0 aliphatic heterocycles. The molecule has 13 heteroatoms. The Bertz CT molecular complexity index is 1270. The fraction of sp³-hybridized carbons (Fsp3) is 0.435. The summed E-state index contributed by atoms with van der Waals surface area (Å²) in [5.41, 5.74) is 0.130. The number of aromatic amines is 1. The highest BCUT2D eigenvalue weighted by Gasteiger charge is 2.37. The molecule has 0 aliphatic rings. The number of hydrogen-bond acceptors (Lipinski definition) is 5. The Labute approximate surface area is 203 Å². The van der Waals surface area contributed by atoms with Crippen LogP contribution in [-0.2, 0) is 25.1 Å². The van der Waals surface area contributed by atoms with E-state index in [1.807, 2.05) is 6.92 Å². The van der Waals surface area contributed by atoms with Gasteiger partial charge in [0.15, 0.2) is 0 Å². The maximum Gasteiger partial charge on any atom is 0.431 e. The van der Waals surface area contributed by atoms with Gasteiger partial charge in [0.1, 0.15) is 11.5 Å². The number of halogens is 5. The highest BCUT2D eigenvalue weighted by Crippen LogP contribution is 2.35. The lowest BCUT2D eigenvalue weighted by molar-refractivity contribution is -0.142. The molecule has 1 N–H and O–H groups in total. The highest BCUT2D eigenvalue weighted by atomic mass is 19.4. The summed E-state index contributed by atoms with van der Waals surface area (Å²) < 4.78 is 72.4. The predicted molar refractivity (Wildman–Crippen MR) is 120 cm³/mol. The number of nitrogens with one attached hydrogen (secondary N) is 1. The van der Waals surface area contributed by atoms with E-state index in [0.29, 0.717) is 24.2 Å². The van der Waals surface area contributed by atoms with Crippen molar-refractivity contribution >= 4 is 0 Å². The molecule has 8 nitrogen and oxygen atoms in total. The maximum atomic E-state index is 14.5. The molecule has 192 valence electrons. The minimum atomic E-state index is -4.62. The van der Waals surface area contributed by atoms with Gasteiger partial charge in [0.05, 0.1) is 12.2 Å². The Morgan fingerprint density at radius 1 is 0.944 bits per heavy atom. The van der Waals surface area contributed by atoms with Crippen LogP contribution in [0, 0.1) is 0 Å². The molecule has 0 spiro atoms. The van der Waals surface area contributed by atoms with Crippen LogP contribution in [0.3, 0.4) is 0 Å². The van der Waals surface area contributed by atoms with Crippen LogP contribution >= 0.6 is 0 Å². The van der Waals surface area contributed by atoms with E-state index in [9.17, 15) is 22.0 Å². The van der Waals surface area contributed by atoms with Crippen LogP contribution in [0.2, 0.25) is 0 Å². The quantitative estimate of drug-likeness (QED) is 0.284.